The van der Waals surface area contributed by atoms with Crippen LogP contribution in [0.25, 0.3) is 0 Å². The van der Waals surface area contributed by atoms with Crippen molar-refractivity contribution >= 4 is 11.9 Å². The summed E-state index contributed by atoms with van der Waals surface area (Å²) in [4.78, 5) is 22.2. The average molecular weight is 539 g/mol. The second-order valence-electron chi connectivity index (χ2n) is 11.6. The van der Waals surface area contributed by atoms with Gasteiger partial charge in [0.05, 0.1) is 25.9 Å². The maximum Gasteiger partial charge on any atom is 0.330 e. The van der Waals surface area contributed by atoms with E-state index in [1.165, 1.54) is 6.08 Å². The number of hydrogen-bond acceptors (Lipinski definition) is 5. The molecule has 0 radical (unpaired) electrons. The van der Waals surface area contributed by atoms with Crippen molar-refractivity contribution in [2.45, 2.75) is 108 Å². The molecule has 3 aliphatic rings. The Hall–Kier alpha value is -1.76. The maximum absolute atomic E-state index is 15.4. The van der Waals surface area contributed by atoms with Crippen molar-refractivity contribution in [1.29, 1.82) is 0 Å². The molecule has 6 atom stereocenters. The van der Waals surface area contributed by atoms with Crippen molar-refractivity contribution in [3.63, 3.8) is 0 Å². The van der Waals surface area contributed by atoms with Crippen LogP contribution in [0.3, 0.4) is 0 Å². The van der Waals surface area contributed by atoms with Gasteiger partial charge in [-0.3, -0.25) is 0 Å². The van der Waals surface area contributed by atoms with Crippen LogP contribution in [-0.2, 0) is 23.8 Å². The first-order valence-corrected chi connectivity index (χ1v) is 14.9. The van der Waals surface area contributed by atoms with Crippen LogP contribution in [0.5, 0.6) is 0 Å². The molecular formula is C31H48F2O5. The predicted molar refractivity (Wildman–Crippen MR) is 144 cm³/mol. The van der Waals surface area contributed by atoms with Gasteiger partial charge in [-0.1, -0.05) is 19.6 Å². The number of halogens is 2. The van der Waals surface area contributed by atoms with E-state index < -0.39 is 24.3 Å². The first-order valence-electron chi connectivity index (χ1n) is 14.9. The largest absolute Gasteiger partial charge is 0.463 e. The number of esters is 2. The average Bonchev–Trinajstić information content (AvgIpc) is 2.92. The van der Waals surface area contributed by atoms with Crippen molar-refractivity contribution in [1.82, 2.24) is 0 Å². The Morgan fingerprint density at radius 2 is 1.26 bits per heavy atom. The van der Waals surface area contributed by atoms with Gasteiger partial charge in [-0.05, 0) is 107 Å². The van der Waals surface area contributed by atoms with Crippen LogP contribution >= 0.6 is 0 Å². The van der Waals surface area contributed by atoms with Gasteiger partial charge in [0, 0.05) is 18.6 Å². The lowest BCUT2D eigenvalue weighted by molar-refractivity contribution is -0.139. The minimum absolute atomic E-state index is 0.00823. The first kappa shape index (κ1) is 30.8. The Morgan fingerprint density at radius 1 is 0.684 bits per heavy atom. The van der Waals surface area contributed by atoms with Gasteiger partial charge in [-0.2, -0.15) is 0 Å². The van der Waals surface area contributed by atoms with Gasteiger partial charge < -0.3 is 14.2 Å². The number of hydrogen-bond donors (Lipinski definition) is 0. The standard InChI is InChI=1S/C31H48F2O5/c1-3-30(34)37-17-6-5-8-22-9-15-27(28(32)20-22)24-12-16-26(29(33)21-24)23-10-13-25(14-11-23)36-18-7-19-38-31(35)4-2/h3-4,22-29H,1-2,5-21H2. The van der Waals surface area contributed by atoms with Crippen LogP contribution in [0.15, 0.2) is 25.3 Å². The predicted octanol–water partition coefficient (Wildman–Crippen LogP) is 7.09. The summed E-state index contributed by atoms with van der Waals surface area (Å²) in [5.74, 6) is 0.271. The fraction of sp³-hybridized carbons (Fsp3) is 0.806. The van der Waals surface area contributed by atoms with Crippen LogP contribution in [-0.4, -0.2) is 50.2 Å². The van der Waals surface area contributed by atoms with Crippen molar-refractivity contribution in [3.05, 3.63) is 25.3 Å². The molecule has 0 amide bonds. The molecule has 38 heavy (non-hydrogen) atoms. The third kappa shape index (κ3) is 9.77. The van der Waals surface area contributed by atoms with Gasteiger partial charge in [0.2, 0.25) is 0 Å². The second-order valence-corrected chi connectivity index (χ2v) is 11.6. The minimum atomic E-state index is -0.825. The van der Waals surface area contributed by atoms with E-state index in [1.807, 2.05) is 0 Å². The minimum Gasteiger partial charge on any atom is -0.463 e. The molecule has 0 spiro atoms. The van der Waals surface area contributed by atoms with Crippen molar-refractivity contribution in [2.75, 3.05) is 19.8 Å². The number of unbranched alkanes of at least 4 members (excludes halogenated alkanes) is 1. The van der Waals surface area contributed by atoms with Crippen molar-refractivity contribution in [2.24, 2.45) is 29.6 Å². The summed E-state index contributed by atoms with van der Waals surface area (Å²) in [6, 6.07) is 0. The van der Waals surface area contributed by atoms with Gasteiger partial charge in [-0.25, -0.2) is 18.4 Å². The van der Waals surface area contributed by atoms with Crippen molar-refractivity contribution < 1.29 is 32.6 Å². The Bertz CT molecular complexity index is 751. The summed E-state index contributed by atoms with van der Waals surface area (Å²) in [7, 11) is 0. The highest BCUT2D eigenvalue weighted by molar-refractivity contribution is 5.81. The molecule has 0 heterocycles. The van der Waals surface area contributed by atoms with Crippen LogP contribution in [0, 0.1) is 29.6 Å². The van der Waals surface area contributed by atoms with Crippen LogP contribution in [0.2, 0.25) is 0 Å². The summed E-state index contributed by atoms with van der Waals surface area (Å²) in [5, 5.41) is 0. The van der Waals surface area contributed by atoms with E-state index in [1.54, 1.807) is 0 Å². The molecular weight excluding hydrogens is 490 g/mol. The molecule has 0 aromatic rings. The summed E-state index contributed by atoms with van der Waals surface area (Å²) >= 11 is 0. The maximum atomic E-state index is 15.4. The van der Waals surface area contributed by atoms with E-state index in [9.17, 15) is 9.59 Å². The van der Waals surface area contributed by atoms with Crippen LogP contribution in [0.4, 0.5) is 8.78 Å². The SMILES string of the molecule is C=CC(=O)OCCCCC1CCC(C2CCC(C3CCC(OCCCOC(=O)C=C)CC3)C(F)C2)C(F)C1. The third-order valence-electron chi connectivity index (χ3n) is 9.20. The molecule has 3 aliphatic carbocycles. The highest BCUT2D eigenvalue weighted by atomic mass is 19.1. The Balaban J connectivity index is 1.30. The monoisotopic (exact) mass is 538 g/mol. The highest BCUT2D eigenvalue weighted by Gasteiger charge is 2.42. The molecule has 0 saturated heterocycles. The van der Waals surface area contributed by atoms with E-state index in [0.29, 0.717) is 50.9 Å². The van der Waals surface area contributed by atoms with Gasteiger partial charge in [0.25, 0.3) is 0 Å². The first-order chi connectivity index (χ1) is 18.4. The molecule has 7 heteroatoms. The lowest BCUT2D eigenvalue weighted by atomic mass is 9.64. The summed E-state index contributed by atoms with van der Waals surface area (Å²) < 4.78 is 46.5. The molecule has 3 fully saturated rings. The molecule has 216 valence electrons. The van der Waals surface area contributed by atoms with Gasteiger partial charge in [-0.15, -0.1) is 0 Å². The zero-order valence-electron chi connectivity index (χ0n) is 23.0. The van der Waals surface area contributed by atoms with Crippen molar-refractivity contribution in [3.8, 4) is 0 Å². The summed E-state index contributed by atoms with van der Waals surface area (Å²) in [6.45, 7) is 8.05. The number of carbonyl (C=O) groups excluding carboxylic acids is 2. The fourth-order valence-electron chi connectivity index (χ4n) is 7.09. The van der Waals surface area contributed by atoms with E-state index in [4.69, 9.17) is 14.2 Å². The second kappa shape index (κ2) is 16.4. The molecule has 0 N–H and O–H groups in total. The summed E-state index contributed by atoms with van der Waals surface area (Å²) in [5.41, 5.74) is 0. The fourth-order valence-corrected chi connectivity index (χ4v) is 7.09. The van der Waals surface area contributed by atoms with E-state index in [0.717, 1.165) is 76.7 Å². The Morgan fingerprint density at radius 3 is 1.89 bits per heavy atom. The third-order valence-corrected chi connectivity index (χ3v) is 9.20. The van der Waals surface area contributed by atoms with E-state index >= 15 is 8.78 Å². The Labute approximate surface area is 227 Å². The molecule has 3 rings (SSSR count). The number of carbonyl (C=O) groups is 2. The Kier molecular flexibility index (Phi) is 13.3. The van der Waals surface area contributed by atoms with Gasteiger partial charge in [0.15, 0.2) is 0 Å². The van der Waals surface area contributed by atoms with E-state index in [2.05, 4.69) is 13.2 Å². The van der Waals surface area contributed by atoms with Crippen LogP contribution < -0.4 is 0 Å². The lowest BCUT2D eigenvalue weighted by Gasteiger charge is -2.44. The normalized spacial score (nSPS) is 33.7. The molecule has 0 aromatic carbocycles. The number of rotatable bonds is 14. The molecule has 5 nitrogen and oxygen atoms in total. The molecule has 6 unspecified atom stereocenters. The lowest BCUT2D eigenvalue weighted by Crippen LogP contribution is -2.40. The number of alkyl halides is 2. The molecule has 0 aliphatic heterocycles. The zero-order chi connectivity index (χ0) is 27.3. The van der Waals surface area contributed by atoms with Gasteiger partial charge in [0.1, 0.15) is 12.3 Å². The van der Waals surface area contributed by atoms with E-state index in [-0.39, 0.29) is 23.9 Å². The molecule has 3 saturated carbocycles. The highest BCUT2D eigenvalue weighted by Crippen LogP contribution is 2.47. The quantitative estimate of drug-likeness (QED) is 0.134. The number of ether oxygens (including phenoxy) is 3. The topological polar surface area (TPSA) is 61.8 Å². The van der Waals surface area contributed by atoms with Gasteiger partial charge >= 0.3 is 11.9 Å². The molecule has 0 bridgehead atoms. The molecule has 0 aromatic heterocycles. The zero-order valence-corrected chi connectivity index (χ0v) is 23.0. The summed E-state index contributed by atoms with van der Waals surface area (Å²) in [6.07, 6.45) is 13.0. The smallest absolute Gasteiger partial charge is 0.330 e. The van der Waals surface area contributed by atoms with Crippen LogP contribution in [0.1, 0.15) is 89.9 Å².